The first-order valence-electron chi connectivity index (χ1n) is 6.89. The van der Waals surface area contributed by atoms with Crippen molar-refractivity contribution >= 4 is 0 Å². The van der Waals surface area contributed by atoms with Crippen LogP contribution in [0.5, 0.6) is 0 Å². The van der Waals surface area contributed by atoms with Gasteiger partial charge in [0, 0.05) is 0 Å². The summed E-state index contributed by atoms with van der Waals surface area (Å²) in [7, 11) is 0. The Balaban J connectivity index is 4.45. The molecule has 0 heterocycles. The third kappa shape index (κ3) is 5.59. The highest BCUT2D eigenvalue weighted by Gasteiger charge is 2.40. The summed E-state index contributed by atoms with van der Waals surface area (Å²) < 4.78 is 42.6. The second-order valence-corrected chi connectivity index (χ2v) is 5.43. The van der Waals surface area contributed by atoms with E-state index < -0.39 is 12.3 Å². The molecule has 0 aromatic heterocycles. The Bertz CT molecular complexity index is 228. The number of rotatable bonds is 8. The zero-order valence-corrected chi connectivity index (χ0v) is 12.2. The Hall–Kier alpha value is -0.250. The Kier molecular flexibility index (Phi) is 7.26. The van der Waals surface area contributed by atoms with Crippen LogP contribution in [0.1, 0.15) is 66.7 Å². The van der Waals surface area contributed by atoms with Crippen molar-refractivity contribution in [2.75, 3.05) is 0 Å². The molecule has 3 atom stereocenters. The Morgan fingerprint density at radius 2 is 1.56 bits per heavy atom. The second kappa shape index (κ2) is 7.37. The standard InChI is InChI=1S/C14H27F3O/c1-6-8-9-10-13(5,7-2)11(3)18-12(4)14(15,16)17/h11-12H,6-10H2,1-5H3. The van der Waals surface area contributed by atoms with E-state index in [4.69, 9.17) is 4.74 Å². The highest BCUT2D eigenvalue weighted by molar-refractivity contribution is 4.81. The molecular formula is C14H27F3O. The molecule has 0 saturated heterocycles. The van der Waals surface area contributed by atoms with Gasteiger partial charge in [-0.05, 0) is 32.1 Å². The summed E-state index contributed by atoms with van der Waals surface area (Å²) in [6.45, 7) is 9.01. The largest absolute Gasteiger partial charge is 0.414 e. The van der Waals surface area contributed by atoms with E-state index >= 15 is 0 Å². The van der Waals surface area contributed by atoms with Crippen molar-refractivity contribution in [3.8, 4) is 0 Å². The van der Waals surface area contributed by atoms with E-state index in [1.165, 1.54) is 0 Å². The minimum Gasteiger partial charge on any atom is -0.366 e. The molecule has 0 radical (unpaired) electrons. The maximum absolute atomic E-state index is 12.5. The van der Waals surface area contributed by atoms with Crippen LogP contribution < -0.4 is 0 Å². The van der Waals surface area contributed by atoms with Crippen molar-refractivity contribution in [2.24, 2.45) is 5.41 Å². The molecule has 18 heavy (non-hydrogen) atoms. The molecule has 0 bridgehead atoms. The molecule has 110 valence electrons. The number of unbranched alkanes of at least 4 members (excludes halogenated alkanes) is 2. The first kappa shape index (κ1) is 17.8. The molecule has 4 heteroatoms. The molecule has 0 N–H and O–H groups in total. The van der Waals surface area contributed by atoms with Crippen molar-refractivity contribution in [3.63, 3.8) is 0 Å². The van der Waals surface area contributed by atoms with Gasteiger partial charge in [0.15, 0.2) is 6.10 Å². The average molecular weight is 268 g/mol. The lowest BCUT2D eigenvalue weighted by atomic mass is 9.77. The summed E-state index contributed by atoms with van der Waals surface area (Å²) in [4.78, 5) is 0. The predicted molar refractivity (Wildman–Crippen MR) is 68.6 cm³/mol. The van der Waals surface area contributed by atoms with Gasteiger partial charge in [0.25, 0.3) is 0 Å². The quantitative estimate of drug-likeness (QED) is 0.540. The van der Waals surface area contributed by atoms with Crippen LogP contribution in [-0.2, 0) is 4.74 Å². The SMILES string of the molecule is CCCCCC(C)(CC)C(C)OC(C)C(F)(F)F. The van der Waals surface area contributed by atoms with Crippen molar-refractivity contribution in [1.82, 2.24) is 0 Å². The van der Waals surface area contributed by atoms with Gasteiger partial charge in [-0.25, -0.2) is 0 Å². The molecule has 0 aliphatic heterocycles. The molecule has 0 amide bonds. The van der Waals surface area contributed by atoms with Gasteiger partial charge in [-0.15, -0.1) is 0 Å². The highest BCUT2D eigenvalue weighted by atomic mass is 19.4. The fourth-order valence-electron chi connectivity index (χ4n) is 1.99. The summed E-state index contributed by atoms with van der Waals surface area (Å²) in [6, 6.07) is 0. The topological polar surface area (TPSA) is 9.23 Å². The second-order valence-electron chi connectivity index (χ2n) is 5.43. The van der Waals surface area contributed by atoms with Crippen LogP contribution in [0.4, 0.5) is 13.2 Å². The molecular weight excluding hydrogens is 241 g/mol. The fourth-order valence-corrected chi connectivity index (χ4v) is 1.99. The van der Waals surface area contributed by atoms with E-state index in [2.05, 4.69) is 6.92 Å². The zero-order chi connectivity index (χ0) is 14.4. The smallest absolute Gasteiger partial charge is 0.366 e. The predicted octanol–water partition coefficient (Wildman–Crippen LogP) is 5.34. The molecule has 0 saturated carbocycles. The minimum absolute atomic E-state index is 0.172. The van der Waals surface area contributed by atoms with Crippen molar-refractivity contribution in [3.05, 3.63) is 0 Å². The molecule has 0 rings (SSSR count). The van der Waals surface area contributed by atoms with Gasteiger partial charge < -0.3 is 4.74 Å². The van der Waals surface area contributed by atoms with Gasteiger partial charge in [-0.3, -0.25) is 0 Å². The van der Waals surface area contributed by atoms with Crippen LogP contribution in [0.25, 0.3) is 0 Å². The third-order valence-corrected chi connectivity index (χ3v) is 4.01. The minimum atomic E-state index is -4.27. The Morgan fingerprint density at radius 3 is 1.94 bits per heavy atom. The maximum Gasteiger partial charge on any atom is 0.414 e. The zero-order valence-electron chi connectivity index (χ0n) is 12.2. The Labute approximate surface area is 109 Å². The van der Waals surface area contributed by atoms with Crippen LogP contribution >= 0.6 is 0 Å². The van der Waals surface area contributed by atoms with Gasteiger partial charge in [0.1, 0.15) is 0 Å². The van der Waals surface area contributed by atoms with E-state index in [9.17, 15) is 13.2 Å². The van der Waals surface area contributed by atoms with Gasteiger partial charge in [0.2, 0.25) is 0 Å². The van der Waals surface area contributed by atoms with E-state index in [0.717, 1.165) is 39.0 Å². The van der Waals surface area contributed by atoms with Gasteiger partial charge >= 0.3 is 6.18 Å². The molecule has 0 spiro atoms. The molecule has 1 nitrogen and oxygen atoms in total. The number of halogens is 3. The summed E-state index contributed by atoms with van der Waals surface area (Å²) in [6.07, 6.45) is -1.29. The van der Waals surface area contributed by atoms with Gasteiger partial charge in [-0.1, -0.05) is 40.0 Å². The molecule has 0 aliphatic carbocycles. The lowest BCUT2D eigenvalue weighted by Gasteiger charge is -2.36. The Morgan fingerprint density at radius 1 is 1.00 bits per heavy atom. The number of hydrogen-bond donors (Lipinski definition) is 0. The van der Waals surface area contributed by atoms with Crippen LogP contribution in [0.2, 0.25) is 0 Å². The van der Waals surface area contributed by atoms with Crippen LogP contribution in [0.3, 0.4) is 0 Å². The van der Waals surface area contributed by atoms with E-state index in [1.54, 1.807) is 6.92 Å². The first-order valence-corrected chi connectivity index (χ1v) is 6.89. The highest BCUT2D eigenvalue weighted by Crippen LogP contribution is 2.36. The molecule has 0 aliphatic rings. The number of hydrogen-bond acceptors (Lipinski definition) is 1. The van der Waals surface area contributed by atoms with Crippen molar-refractivity contribution in [2.45, 2.75) is 85.1 Å². The van der Waals surface area contributed by atoms with E-state index in [-0.39, 0.29) is 11.5 Å². The van der Waals surface area contributed by atoms with Gasteiger partial charge in [0.05, 0.1) is 6.10 Å². The summed E-state index contributed by atoms with van der Waals surface area (Å²) in [5, 5.41) is 0. The van der Waals surface area contributed by atoms with E-state index in [1.807, 2.05) is 13.8 Å². The van der Waals surface area contributed by atoms with Crippen LogP contribution in [0.15, 0.2) is 0 Å². The fraction of sp³-hybridized carbons (Fsp3) is 1.00. The van der Waals surface area contributed by atoms with Crippen LogP contribution in [0, 0.1) is 5.41 Å². The lowest BCUT2D eigenvalue weighted by molar-refractivity contribution is -0.236. The monoisotopic (exact) mass is 268 g/mol. The van der Waals surface area contributed by atoms with Crippen molar-refractivity contribution < 1.29 is 17.9 Å². The summed E-state index contributed by atoms with van der Waals surface area (Å²) >= 11 is 0. The number of alkyl halides is 3. The molecule has 0 fully saturated rings. The number of ether oxygens (including phenoxy) is 1. The molecule has 0 aromatic carbocycles. The average Bonchev–Trinajstić information content (AvgIpc) is 2.27. The summed E-state index contributed by atoms with van der Waals surface area (Å²) in [5.74, 6) is 0. The maximum atomic E-state index is 12.5. The van der Waals surface area contributed by atoms with Crippen LogP contribution in [-0.4, -0.2) is 18.4 Å². The van der Waals surface area contributed by atoms with Crippen molar-refractivity contribution in [1.29, 1.82) is 0 Å². The van der Waals surface area contributed by atoms with Gasteiger partial charge in [-0.2, -0.15) is 13.2 Å². The lowest BCUT2D eigenvalue weighted by Crippen LogP contribution is -2.39. The molecule has 3 unspecified atom stereocenters. The normalized spacial score (nSPS) is 19.3. The third-order valence-electron chi connectivity index (χ3n) is 4.01. The summed E-state index contributed by atoms with van der Waals surface area (Å²) in [5.41, 5.74) is -0.172. The first-order chi connectivity index (χ1) is 8.17. The molecule has 0 aromatic rings. The van der Waals surface area contributed by atoms with E-state index in [0.29, 0.717) is 0 Å².